The van der Waals surface area contributed by atoms with Crippen LogP contribution in [0, 0.1) is 17.3 Å². The van der Waals surface area contributed by atoms with Crippen LogP contribution in [0.15, 0.2) is 11.1 Å². The van der Waals surface area contributed by atoms with Crippen LogP contribution >= 0.6 is 0 Å². The van der Waals surface area contributed by atoms with Crippen molar-refractivity contribution in [2.45, 2.75) is 66.2 Å². The first-order valence-electron chi connectivity index (χ1n) is 6.51. The van der Waals surface area contributed by atoms with E-state index in [1.807, 2.05) is 0 Å². The van der Waals surface area contributed by atoms with Crippen molar-refractivity contribution in [2.24, 2.45) is 10.8 Å². The molecule has 0 aromatic heterocycles. The van der Waals surface area contributed by atoms with Crippen LogP contribution in [0.4, 0.5) is 0 Å². The predicted molar refractivity (Wildman–Crippen MR) is 66.6 cm³/mol. The minimum absolute atomic E-state index is 0.399. The zero-order chi connectivity index (χ0) is 11.1. The summed E-state index contributed by atoms with van der Waals surface area (Å²) < 4.78 is 0. The summed E-state index contributed by atoms with van der Waals surface area (Å²) in [5.41, 5.74) is 4.22. The quantitative estimate of drug-likeness (QED) is 0.493. The average Bonchev–Trinajstić information content (AvgIpc) is 2.24. The molecule has 0 aromatic rings. The molecule has 0 aliphatic heterocycles. The highest BCUT2D eigenvalue weighted by Gasteiger charge is 2.48. The molecule has 0 N–H and O–H groups in total. The number of rotatable bonds is 0. The van der Waals surface area contributed by atoms with Crippen molar-refractivity contribution >= 4 is 0 Å². The zero-order valence-corrected chi connectivity index (χ0v) is 10.8. The second-order valence-corrected chi connectivity index (χ2v) is 6.14. The first kappa shape index (κ1) is 11.2. The van der Waals surface area contributed by atoms with Gasteiger partial charge < -0.3 is 0 Å². The van der Waals surface area contributed by atoms with E-state index >= 15 is 0 Å². The van der Waals surface area contributed by atoms with Crippen LogP contribution in [-0.4, -0.2) is 0 Å². The zero-order valence-electron chi connectivity index (χ0n) is 10.8. The molecule has 1 saturated carbocycles. The third-order valence-electron chi connectivity index (χ3n) is 5.38. The third-order valence-corrected chi connectivity index (χ3v) is 5.38. The molecule has 1 unspecified atom stereocenters. The molecule has 1 spiro atoms. The molecule has 0 aromatic carbocycles. The van der Waals surface area contributed by atoms with Gasteiger partial charge in [0.25, 0.3) is 0 Å². The van der Waals surface area contributed by atoms with Gasteiger partial charge in [0, 0.05) is 0 Å². The molecule has 2 aliphatic rings. The summed E-state index contributed by atoms with van der Waals surface area (Å²) in [5.74, 6) is 0. The van der Waals surface area contributed by atoms with Crippen LogP contribution in [0.3, 0.4) is 0 Å². The smallest absolute Gasteiger partial charge is 0.00856 e. The van der Waals surface area contributed by atoms with E-state index in [1.165, 1.54) is 38.5 Å². The van der Waals surface area contributed by atoms with Gasteiger partial charge in [-0.15, -0.1) is 0 Å². The summed E-state index contributed by atoms with van der Waals surface area (Å²) in [6.07, 6.45) is 11.0. The molecular formula is C15H25. The maximum absolute atomic E-state index is 2.66. The molecule has 0 saturated heterocycles. The van der Waals surface area contributed by atoms with E-state index in [9.17, 15) is 0 Å². The Labute approximate surface area is 95.1 Å². The predicted octanol–water partition coefficient (Wildman–Crippen LogP) is 4.91. The Bertz CT molecular complexity index is 274. The molecule has 85 valence electrons. The maximum Gasteiger partial charge on any atom is -0.00856 e. The summed E-state index contributed by atoms with van der Waals surface area (Å²) in [5, 5.41) is 0. The molecule has 2 aliphatic carbocycles. The van der Waals surface area contributed by atoms with Gasteiger partial charge in [0.05, 0.1) is 0 Å². The van der Waals surface area contributed by atoms with Gasteiger partial charge in [0.2, 0.25) is 0 Å². The molecular weight excluding hydrogens is 180 g/mol. The third kappa shape index (κ3) is 1.57. The number of hydrogen-bond acceptors (Lipinski definition) is 0. The lowest BCUT2D eigenvalue weighted by Gasteiger charge is -2.53. The van der Waals surface area contributed by atoms with Gasteiger partial charge >= 0.3 is 0 Å². The minimum Gasteiger partial charge on any atom is -0.0738 e. The normalized spacial score (nSPS) is 29.6. The monoisotopic (exact) mass is 205 g/mol. The Morgan fingerprint density at radius 2 is 1.80 bits per heavy atom. The largest absolute Gasteiger partial charge is 0.0738 e. The van der Waals surface area contributed by atoms with Crippen LogP contribution in [0.2, 0.25) is 0 Å². The lowest BCUT2D eigenvalue weighted by Crippen LogP contribution is -2.43. The second kappa shape index (κ2) is 3.64. The molecule has 0 bridgehead atoms. The van der Waals surface area contributed by atoms with Crippen LogP contribution in [-0.2, 0) is 0 Å². The maximum atomic E-state index is 2.66. The van der Waals surface area contributed by atoms with E-state index < -0.39 is 0 Å². The Balaban J connectivity index is 2.35. The Hall–Kier alpha value is -0.260. The van der Waals surface area contributed by atoms with Crippen LogP contribution < -0.4 is 0 Å². The van der Waals surface area contributed by atoms with E-state index in [4.69, 9.17) is 0 Å². The summed E-state index contributed by atoms with van der Waals surface area (Å²) >= 11 is 0. The Kier molecular flexibility index (Phi) is 2.73. The van der Waals surface area contributed by atoms with E-state index in [-0.39, 0.29) is 0 Å². The highest BCUT2D eigenvalue weighted by atomic mass is 14.5. The fourth-order valence-electron chi connectivity index (χ4n) is 3.68. The number of hydrogen-bond donors (Lipinski definition) is 0. The van der Waals surface area contributed by atoms with Crippen molar-refractivity contribution < 1.29 is 0 Å². The highest BCUT2D eigenvalue weighted by Crippen LogP contribution is 2.59. The lowest BCUT2D eigenvalue weighted by atomic mass is 9.51. The van der Waals surface area contributed by atoms with Gasteiger partial charge in [0.15, 0.2) is 0 Å². The Morgan fingerprint density at radius 3 is 2.40 bits per heavy atom. The van der Waals surface area contributed by atoms with Crippen molar-refractivity contribution in [1.82, 2.24) is 0 Å². The van der Waals surface area contributed by atoms with Gasteiger partial charge in [-0.1, -0.05) is 37.8 Å². The van der Waals surface area contributed by atoms with Gasteiger partial charge in [0.1, 0.15) is 0 Å². The fourth-order valence-corrected chi connectivity index (χ4v) is 3.68. The average molecular weight is 205 g/mol. The summed E-state index contributed by atoms with van der Waals surface area (Å²) in [4.78, 5) is 0. The number of allylic oxidation sites excluding steroid dienone is 2. The summed E-state index contributed by atoms with van der Waals surface area (Å²) in [6.45, 7) is 9.62. The van der Waals surface area contributed by atoms with Crippen molar-refractivity contribution in [1.29, 1.82) is 0 Å². The molecule has 15 heavy (non-hydrogen) atoms. The van der Waals surface area contributed by atoms with Gasteiger partial charge in [-0.05, 0) is 56.8 Å². The molecule has 0 nitrogen and oxygen atoms in total. The molecule has 0 amide bonds. The first-order chi connectivity index (χ1) is 7.00. The van der Waals surface area contributed by atoms with Crippen LogP contribution in [0.1, 0.15) is 66.2 Å². The van der Waals surface area contributed by atoms with E-state index in [2.05, 4.69) is 34.1 Å². The molecule has 1 radical (unpaired) electrons. The summed E-state index contributed by atoms with van der Waals surface area (Å²) in [7, 11) is 0. The van der Waals surface area contributed by atoms with Crippen LogP contribution in [0.25, 0.3) is 0 Å². The molecule has 0 heteroatoms. The van der Waals surface area contributed by atoms with Crippen molar-refractivity contribution in [3.05, 3.63) is 17.6 Å². The molecule has 1 atom stereocenters. The van der Waals surface area contributed by atoms with Gasteiger partial charge in [-0.2, -0.15) is 0 Å². The minimum atomic E-state index is 0.399. The van der Waals surface area contributed by atoms with Crippen molar-refractivity contribution in [3.63, 3.8) is 0 Å². The summed E-state index contributed by atoms with van der Waals surface area (Å²) in [6, 6.07) is 0. The molecule has 2 rings (SSSR count). The fraction of sp³-hybridized carbons (Fsp3) is 0.800. The Morgan fingerprint density at radius 1 is 1.07 bits per heavy atom. The highest BCUT2D eigenvalue weighted by molar-refractivity contribution is 5.28. The lowest BCUT2D eigenvalue weighted by molar-refractivity contribution is 0.0821. The first-order valence-corrected chi connectivity index (χ1v) is 6.51. The van der Waals surface area contributed by atoms with Crippen molar-refractivity contribution in [3.8, 4) is 0 Å². The van der Waals surface area contributed by atoms with Crippen LogP contribution in [0.5, 0.6) is 0 Å². The SMILES string of the molecule is CC1=C(C)C(C)(C)C2([CH]CCCC2)CC1. The standard InChI is InChI=1S/C15H25/c1-12-8-11-15(9-6-5-7-10-15)14(3,4)13(12)2/h9H,5-8,10-11H2,1-4H3. The molecule has 1 fully saturated rings. The van der Waals surface area contributed by atoms with E-state index in [0.29, 0.717) is 10.8 Å². The topological polar surface area (TPSA) is 0 Å². The van der Waals surface area contributed by atoms with Crippen molar-refractivity contribution in [2.75, 3.05) is 0 Å². The second-order valence-electron chi connectivity index (χ2n) is 6.14. The van der Waals surface area contributed by atoms with Gasteiger partial charge in [-0.3, -0.25) is 0 Å². The van der Waals surface area contributed by atoms with E-state index in [0.717, 1.165) is 0 Å². The van der Waals surface area contributed by atoms with Gasteiger partial charge in [-0.25, -0.2) is 0 Å². The van der Waals surface area contributed by atoms with E-state index in [1.54, 1.807) is 11.1 Å². The molecule has 0 heterocycles.